The quantitative estimate of drug-likeness (QED) is 0.669. The topological polar surface area (TPSA) is 66.6 Å². The van der Waals surface area contributed by atoms with Crippen LogP contribution >= 0.6 is 15.9 Å². The molecule has 0 aliphatic rings. The predicted molar refractivity (Wildman–Crippen MR) is 73.4 cm³/mol. The second-order valence-corrected chi connectivity index (χ2v) is 5.93. The first-order chi connectivity index (χ1) is 8.19. The van der Waals surface area contributed by atoms with Gasteiger partial charge in [0.25, 0.3) is 5.69 Å². The van der Waals surface area contributed by atoms with Crippen LogP contribution in [0.5, 0.6) is 0 Å². The Kier molecular flexibility index (Phi) is 4.84. The Bertz CT molecular complexity index is 443. The normalized spacial score (nSPS) is 11.9. The van der Waals surface area contributed by atoms with E-state index in [1.54, 1.807) is 26.0 Å². The molecule has 1 aromatic carbocycles. The van der Waals surface area contributed by atoms with Gasteiger partial charge in [-0.05, 0) is 33.0 Å². The summed E-state index contributed by atoms with van der Waals surface area (Å²) in [5.41, 5.74) is -0.0965. The minimum Gasteiger partial charge on any atom is -0.389 e. The first kappa shape index (κ1) is 15.1. The highest BCUT2D eigenvalue weighted by molar-refractivity contribution is 9.10. The van der Waals surface area contributed by atoms with E-state index in [0.29, 0.717) is 23.1 Å². The molecular weight excluding hydrogens is 300 g/mol. The van der Waals surface area contributed by atoms with Crippen LogP contribution in [0.3, 0.4) is 0 Å². The third-order valence-corrected chi connectivity index (χ3v) is 2.83. The Morgan fingerprint density at radius 3 is 2.61 bits per heavy atom. The Balaban J connectivity index is 2.87. The summed E-state index contributed by atoms with van der Waals surface area (Å²) >= 11 is 3.22. The molecule has 1 N–H and O–H groups in total. The molecule has 0 bridgehead atoms. The number of halogens is 1. The Hall–Kier alpha value is -0.980. The molecule has 0 saturated heterocycles. The molecule has 0 fully saturated rings. The molecule has 0 saturated carbocycles. The molecule has 0 aliphatic carbocycles. The summed E-state index contributed by atoms with van der Waals surface area (Å²) in [5.74, 6) is 0. The van der Waals surface area contributed by atoms with E-state index in [4.69, 9.17) is 0 Å². The van der Waals surface area contributed by atoms with E-state index in [2.05, 4.69) is 15.9 Å². The van der Waals surface area contributed by atoms with E-state index >= 15 is 0 Å². The maximum atomic E-state index is 11.0. The van der Waals surface area contributed by atoms with Gasteiger partial charge in [-0.15, -0.1) is 0 Å². The van der Waals surface area contributed by atoms with Gasteiger partial charge in [0.15, 0.2) is 0 Å². The number of benzene rings is 1. The van der Waals surface area contributed by atoms with Crippen molar-refractivity contribution in [3.63, 3.8) is 0 Å². The van der Waals surface area contributed by atoms with Gasteiger partial charge in [0.1, 0.15) is 0 Å². The largest absolute Gasteiger partial charge is 0.389 e. The summed E-state index contributed by atoms with van der Waals surface area (Å²) in [5, 5.41) is 20.7. The molecule has 1 rings (SSSR count). The Labute approximate surface area is 115 Å². The molecule has 0 heterocycles. The van der Waals surface area contributed by atoms with Gasteiger partial charge in [-0.2, -0.15) is 0 Å². The minimum atomic E-state index is -0.821. The van der Waals surface area contributed by atoms with Crippen molar-refractivity contribution >= 4 is 21.6 Å². The molecule has 0 aliphatic heterocycles. The average Bonchev–Trinajstić information content (AvgIpc) is 2.17. The van der Waals surface area contributed by atoms with E-state index in [1.165, 1.54) is 6.07 Å². The number of nitro benzene ring substituents is 1. The van der Waals surface area contributed by atoms with E-state index < -0.39 is 10.5 Å². The number of rotatable bonds is 5. The van der Waals surface area contributed by atoms with Crippen molar-refractivity contribution in [1.82, 2.24) is 4.90 Å². The van der Waals surface area contributed by atoms with E-state index in [1.807, 2.05) is 11.9 Å². The van der Waals surface area contributed by atoms with Crippen molar-refractivity contribution in [3.05, 3.63) is 38.3 Å². The lowest BCUT2D eigenvalue weighted by Crippen LogP contribution is -2.35. The maximum absolute atomic E-state index is 11.0. The highest BCUT2D eigenvalue weighted by Crippen LogP contribution is 2.24. The molecule has 0 atom stereocenters. The van der Waals surface area contributed by atoms with Crippen molar-refractivity contribution in [2.45, 2.75) is 26.0 Å². The highest BCUT2D eigenvalue weighted by Gasteiger charge is 2.19. The molecule has 100 valence electrons. The SMILES string of the molecule is CN(Cc1ccc(Br)cc1[N+](=O)[O-])CC(C)(C)O. The molecule has 0 unspecified atom stereocenters. The number of likely N-dealkylation sites (N-methyl/N-ethyl adjacent to an activating group) is 1. The van der Waals surface area contributed by atoms with Crippen LogP contribution in [0.1, 0.15) is 19.4 Å². The molecule has 0 radical (unpaired) electrons. The first-order valence-electron chi connectivity index (χ1n) is 5.53. The van der Waals surface area contributed by atoms with Crippen molar-refractivity contribution < 1.29 is 10.0 Å². The van der Waals surface area contributed by atoms with Crippen LogP contribution in [-0.2, 0) is 6.54 Å². The number of hydrogen-bond donors (Lipinski definition) is 1. The number of nitrogens with zero attached hydrogens (tertiary/aromatic N) is 2. The predicted octanol–water partition coefficient (Wildman–Crippen LogP) is 2.56. The molecule has 5 nitrogen and oxygen atoms in total. The van der Waals surface area contributed by atoms with Crippen molar-refractivity contribution in [2.24, 2.45) is 0 Å². The van der Waals surface area contributed by atoms with Crippen molar-refractivity contribution in [3.8, 4) is 0 Å². The van der Waals surface area contributed by atoms with Crippen LogP contribution in [-0.4, -0.2) is 34.1 Å². The molecule has 18 heavy (non-hydrogen) atoms. The molecule has 0 aromatic heterocycles. The maximum Gasteiger partial charge on any atom is 0.275 e. The summed E-state index contributed by atoms with van der Waals surface area (Å²) in [7, 11) is 1.82. The van der Waals surface area contributed by atoms with Crippen LogP contribution in [0.15, 0.2) is 22.7 Å². The smallest absolute Gasteiger partial charge is 0.275 e. The zero-order valence-electron chi connectivity index (χ0n) is 10.7. The molecule has 0 amide bonds. The summed E-state index contributed by atoms with van der Waals surface area (Å²) in [6.45, 7) is 4.28. The third-order valence-electron chi connectivity index (χ3n) is 2.34. The van der Waals surface area contributed by atoms with Gasteiger partial charge < -0.3 is 5.11 Å². The zero-order chi connectivity index (χ0) is 13.9. The first-order valence-corrected chi connectivity index (χ1v) is 6.32. The van der Waals surface area contributed by atoms with Gasteiger partial charge in [0, 0.05) is 29.2 Å². The standard InChI is InChI=1S/C12H17BrN2O3/c1-12(2,16)8-14(3)7-9-4-5-10(13)6-11(9)15(17)18/h4-6,16H,7-8H2,1-3H3. The average molecular weight is 317 g/mol. The fourth-order valence-electron chi connectivity index (χ4n) is 1.85. The van der Waals surface area contributed by atoms with Crippen molar-refractivity contribution in [1.29, 1.82) is 0 Å². The van der Waals surface area contributed by atoms with Crippen molar-refractivity contribution in [2.75, 3.05) is 13.6 Å². The van der Waals surface area contributed by atoms with Gasteiger partial charge >= 0.3 is 0 Å². The minimum absolute atomic E-state index is 0.0898. The fraction of sp³-hybridized carbons (Fsp3) is 0.500. The fourth-order valence-corrected chi connectivity index (χ4v) is 2.20. The molecule has 1 aromatic rings. The van der Waals surface area contributed by atoms with Crippen LogP contribution < -0.4 is 0 Å². The summed E-state index contributed by atoms with van der Waals surface area (Å²) in [6, 6.07) is 5.00. The lowest BCUT2D eigenvalue weighted by molar-refractivity contribution is -0.385. The second kappa shape index (κ2) is 5.77. The molecular formula is C12H17BrN2O3. The molecule has 0 spiro atoms. The van der Waals surface area contributed by atoms with E-state index in [0.717, 1.165) is 0 Å². The summed E-state index contributed by atoms with van der Waals surface area (Å²) in [4.78, 5) is 12.4. The van der Waals surface area contributed by atoms with Gasteiger partial charge in [-0.1, -0.05) is 15.9 Å². The summed E-state index contributed by atoms with van der Waals surface area (Å²) in [6.07, 6.45) is 0. The lowest BCUT2D eigenvalue weighted by atomic mass is 10.1. The van der Waals surface area contributed by atoms with Gasteiger partial charge in [0.05, 0.1) is 10.5 Å². The van der Waals surface area contributed by atoms with Gasteiger partial charge in [-0.25, -0.2) is 0 Å². The number of hydrogen-bond acceptors (Lipinski definition) is 4. The third kappa shape index (κ3) is 4.72. The van der Waals surface area contributed by atoms with Gasteiger partial charge in [0.2, 0.25) is 0 Å². The summed E-state index contributed by atoms with van der Waals surface area (Å²) < 4.78 is 0.683. The van der Waals surface area contributed by atoms with E-state index in [-0.39, 0.29) is 5.69 Å². The van der Waals surface area contributed by atoms with Crippen LogP contribution in [0.4, 0.5) is 5.69 Å². The monoisotopic (exact) mass is 316 g/mol. The van der Waals surface area contributed by atoms with Gasteiger partial charge in [-0.3, -0.25) is 15.0 Å². The zero-order valence-corrected chi connectivity index (χ0v) is 12.3. The second-order valence-electron chi connectivity index (χ2n) is 5.01. The highest BCUT2D eigenvalue weighted by atomic mass is 79.9. The Morgan fingerprint density at radius 2 is 2.11 bits per heavy atom. The van der Waals surface area contributed by atoms with Crippen LogP contribution in [0, 0.1) is 10.1 Å². The lowest BCUT2D eigenvalue weighted by Gasteiger charge is -2.25. The van der Waals surface area contributed by atoms with E-state index in [9.17, 15) is 15.2 Å². The molecule has 6 heteroatoms. The van der Waals surface area contributed by atoms with Crippen LogP contribution in [0.2, 0.25) is 0 Å². The van der Waals surface area contributed by atoms with Crippen LogP contribution in [0.25, 0.3) is 0 Å². The Morgan fingerprint density at radius 1 is 1.50 bits per heavy atom. The number of aliphatic hydroxyl groups is 1. The number of nitro groups is 1.